The molecule has 0 saturated carbocycles. The van der Waals surface area contributed by atoms with Crippen LogP contribution < -0.4 is 11.1 Å². The van der Waals surface area contributed by atoms with Gasteiger partial charge in [-0.3, -0.25) is 4.79 Å². The van der Waals surface area contributed by atoms with Gasteiger partial charge in [-0.05, 0) is 37.5 Å². The van der Waals surface area contributed by atoms with E-state index in [1.54, 1.807) is 12.1 Å². The lowest BCUT2D eigenvalue weighted by Crippen LogP contribution is -2.53. The molecule has 2 fully saturated rings. The first-order valence-electron chi connectivity index (χ1n) is 9.32. The lowest BCUT2D eigenvalue weighted by molar-refractivity contribution is -0.0817. The lowest BCUT2D eigenvalue weighted by Gasteiger charge is -2.37. The van der Waals surface area contributed by atoms with E-state index in [0.717, 1.165) is 50.6 Å². The predicted molar refractivity (Wildman–Crippen MR) is 100 cm³/mol. The summed E-state index contributed by atoms with van der Waals surface area (Å²) in [5, 5.41) is 3.37. The molecule has 2 saturated heterocycles. The third-order valence-corrected chi connectivity index (χ3v) is 4.76. The molecule has 2 heterocycles. The first-order chi connectivity index (χ1) is 12.7. The van der Waals surface area contributed by atoms with E-state index in [1.807, 2.05) is 12.1 Å². The van der Waals surface area contributed by atoms with Crippen molar-refractivity contribution in [2.45, 2.75) is 38.5 Å². The fraction of sp³-hybridized carbons (Fsp3) is 0.579. The van der Waals surface area contributed by atoms with Crippen LogP contribution in [0.15, 0.2) is 29.3 Å². The summed E-state index contributed by atoms with van der Waals surface area (Å²) in [5.41, 5.74) is 6.83. The van der Waals surface area contributed by atoms with Gasteiger partial charge in [-0.25, -0.2) is 4.99 Å². The Kier molecular flexibility index (Phi) is 6.46. The van der Waals surface area contributed by atoms with Crippen molar-refractivity contribution in [1.82, 2.24) is 10.2 Å². The van der Waals surface area contributed by atoms with Gasteiger partial charge in [0.15, 0.2) is 5.96 Å². The van der Waals surface area contributed by atoms with Crippen molar-refractivity contribution in [3.63, 3.8) is 0 Å². The molecular weight excluding hydrogens is 332 g/mol. The highest BCUT2D eigenvalue weighted by Gasteiger charge is 2.32. The minimum absolute atomic E-state index is 0.102. The van der Waals surface area contributed by atoms with Gasteiger partial charge in [0.25, 0.3) is 0 Å². The Hall–Kier alpha value is -2.12. The first kappa shape index (κ1) is 18.7. The maximum atomic E-state index is 11.2. The van der Waals surface area contributed by atoms with Crippen molar-refractivity contribution in [3.8, 4) is 0 Å². The highest BCUT2D eigenvalue weighted by Crippen LogP contribution is 2.21. The topological polar surface area (TPSA) is 89.2 Å². The van der Waals surface area contributed by atoms with Crippen LogP contribution in [0.5, 0.6) is 0 Å². The van der Waals surface area contributed by atoms with Crippen molar-refractivity contribution in [3.05, 3.63) is 35.4 Å². The fourth-order valence-electron chi connectivity index (χ4n) is 3.35. The van der Waals surface area contributed by atoms with Crippen molar-refractivity contribution in [1.29, 1.82) is 0 Å². The Morgan fingerprint density at radius 2 is 2.04 bits per heavy atom. The zero-order valence-electron chi connectivity index (χ0n) is 15.3. The summed E-state index contributed by atoms with van der Waals surface area (Å²) in [6.07, 6.45) is 2.48. The molecule has 0 radical (unpaired) electrons. The minimum Gasteiger partial charge on any atom is -0.375 e. The summed E-state index contributed by atoms with van der Waals surface area (Å²) in [5.74, 6) is 0.472. The molecule has 1 aromatic carbocycles. The molecule has 1 aromatic rings. The van der Waals surface area contributed by atoms with Crippen molar-refractivity contribution in [2.24, 2.45) is 10.7 Å². The van der Waals surface area contributed by atoms with Crippen LogP contribution in [0, 0.1) is 0 Å². The first-order valence-corrected chi connectivity index (χ1v) is 9.32. The van der Waals surface area contributed by atoms with Crippen molar-refractivity contribution >= 4 is 11.9 Å². The van der Waals surface area contributed by atoms with Crippen LogP contribution in [-0.2, 0) is 16.0 Å². The fourth-order valence-corrected chi connectivity index (χ4v) is 3.35. The molecule has 0 aromatic heterocycles. The summed E-state index contributed by atoms with van der Waals surface area (Å²) < 4.78 is 11.7. The van der Waals surface area contributed by atoms with Gasteiger partial charge in [0.1, 0.15) is 6.10 Å². The van der Waals surface area contributed by atoms with E-state index >= 15 is 0 Å². The number of nitrogens with zero attached hydrogens (tertiary/aromatic N) is 2. The summed E-state index contributed by atoms with van der Waals surface area (Å²) in [6.45, 7) is 6.54. The molecule has 3 rings (SSSR count). The Morgan fingerprint density at radius 1 is 1.27 bits per heavy atom. The number of aliphatic imine (C=N–C) groups is 1. The Morgan fingerprint density at radius 3 is 2.69 bits per heavy atom. The Bertz CT molecular complexity index is 626. The second kappa shape index (κ2) is 9.00. The van der Waals surface area contributed by atoms with Crippen LogP contribution >= 0.6 is 0 Å². The minimum atomic E-state index is -0.415. The largest absolute Gasteiger partial charge is 0.375 e. The van der Waals surface area contributed by atoms with Gasteiger partial charge in [0.2, 0.25) is 5.91 Å². The molecular formula is C19H28N4O3. The molecule has 7 nitrogen and oxygen atoms in total. The number of benzene rings is 1. The number of nitrogens with one attached hydrogen (secondary N) is 1. The number of nitrogens with two attached hydrogens (primary N) is 1. The van der Waals surface area contributed by atoms with Gasteiger partial charge in [0, 0.05) is 31.8 Å². The molecule has 7 heteroatoms. The van der Waals surface area contributed by atoms with Crippen LogP contribution in [-0.4, -0.2) is 61.8 Å². The highest BCUT2D eigenvalue weighted by molar-refractivity contribution is 5.92. The lowest BCUT2D eigenvalue weighted by atomic mass is 10.1. The van der Waals surface area contributed by atoms with Crippen LogP contribution in [0.4, 0.5) is 0 Å². The van der Waals surface area contributed by atoms with Gasteiger partial charge in [-0.2, -0.15) is 0 Å². The van der Waals surface area contributed by atoms with Gasteiger partial charge in [0.05, 0.1) is 19.3 Å². The average Bonchev–Trinajstić information content (AvgIpc) is 3.20. The number of amides is 1. The standard InChI is InChI=1S/C19H28N4O3/c1-2-21-19(22-12-14-5-7-15(8-6-14)18(20)24)23-9-11-26-17(13-23)16-4-3-10-25-16/h5-8,16-17H,2-4,9-13H2,1H3,(H2,20,24)(H,21,22). The molecule has 2 unspecified atom stereocenters. The van der Waals surface area contributed by atoms with E-state index in [4.69, 9.17) is 20.2 Å². The number of carbonyl (C=O) groups excluding carboxylic acids is 1. The number of guanidine groups is 1. The van der Waals surface area contributed by atoms with Gasteiger partial charge < -0.3 is 25.4 Å². The Labute approximate surface area is 154 Å². The predicted octanol–water partition coefficient (Wildman–Crippen LogP) is 1.13. The van der Waals surface area contributed by atoms with Crippen LogP contribution in [0.25, 0.3) is 0 Å². The quantitative estimate of drug-likeness (QED) is 0.607. The van der Waals surface area contributed by atoms with Crippen LogP contribution in [0.3, 0.4) is 0 Å². The van der Waals surface area contributed by atoms with Gasteiger partial charge >= 0.3 is 0 Å². The molecule has 1 amide bonds. The molecule has 2 atom stereocenters. The van der Waals surface area contributed by atoms with E-state index in [-0.39, 0.29) is 12.2 Å². The molecule has 26 heavy (non-hydrogen) atoms. The summed E-state index contributed by atoms with van der Waals surface area (Å²) in [4.78, 5) is 18.2. The number of primary amides is 1. The third-order valence-electron chi connectivity index (χ3n) is 4.76. The van der Waals surface area contributed by atoms with Crippen molar-refractivity contribution < 1.29 is 14.3 Å². The van der Waals surface area contributed by atoms with Crippen molar-refractivity contribution in [2.75, 3.05) is 32.8 Å². The molecule has 3 N–H and O–H groups in total. The molecule has 0 aliphatic carbocycles. The number of carbonyl (C=O) groups is 1. The molecule has 2 aliphatic heterocycles. The summed E-state index contributed by atoms with van der Waals surface area (Å²) in [6, 6.07) is 7.26. The monoisotopic (exact) mass is 360 g/mol. The van der Waals surface area contributed by atoms with E-state index in [1.165, 1.54) is 0 Å². The smallest absolute Gasteiger partial charge is 0.248 e. The SMILES string of the molecule is CCNC(=NCc1ccc(C(N)=O)cc1)N1CCOC(C2CCCO2)C1. The zero-order valence-corrected chi connectivity index (χ0v) is 15.3. The number of ether oxygens (including phenoxy) is 2. The normalized spacial score (nSPS) is 23.9. The number of hydrogen-bond acceptors (Lipinski definition) is 4. The van der Waals surface area contributed by atoms with E-state index < -0.39 is 5.91 Å². The number of rotatable bonds is 5. The van der Waals surface area contributed by atoms with Crippen LogP contribution in [0.1, 0.15) is 35.7 Å². The second-order valence-electron chi connectivity index (χ2n) is 6.64. The van der Waals surface area contributed by atoms with E-state index in [2.05, 4.69) is 17.1 Å². The molecule has 0 spiro atoms. The molecule has 2 aliphatic rings. The summed E-state index contributed by atoms with van der Waals surface area (Å²) in [7, 11) is 0. The Balaban J connectivity index is 1.64. The van der Waals surface area contributed by atoms with E-state index in [9.17, 15) is 4.79 Å². The molecule has 142 valence electrons. The second-order valence-corrected chi connectivity index (χ2v) is 6.64. The van der Waals surface area contributed by atoms with Gasteiger partial charge in [-0.1, -0.05) is 12.1 Å². The molecule has 0 bridgehead atoms. The highest BCUT2D eigenvalue weighted by atomic mass is 16.5. The number of hydrogen-bond donors (Lipinski definition) is 2. The maximum absolute atomic E-state index is 11.2. The third kappa shape index (κ3) is 4.74. The van der Waals surface area contributed by atoms with Crippen LogP contribution in [0.2, 0.25) is 0 Å². The van der Waals surface area contributed by atoms with Gasteiger partial charge in [-0.15, -0.1) is 0 Å². The number of morpholine rings is 1. The average molecular weight is 360 g/mol. The summed E-state index contributed by atoms with van der Waals surface area (Å²) >= 11 is 0. The maximum Gasteiger partial charge on any atom is 0.248 e. The van der Waals surface area contributed by atoms with E-state index in [0.29, 0.717) is 18.7 Å². The zero-order chi connectivity index (χ0) is 18.4.